The van der Waals surface area contributed by atoms with E-state index < -0.39 is 5.54 Å². The van der Waals surface area contributed by atoms with Crippen LogP contribution in [0.4, 0.5) is 0 Å². The zero-order valence-corrected chi connectivity index (χ0v) is 13.5. The first kappa shape index (κ1) is 15.3. The van der Waals surface area contributed by atoms with Crippen LogP contribution < -0.4 is 5.32 Å². The molecule has 1 atom stereocenters. The lowest BCUT2D eigenvalue weighted by Gasteiger charge is -2.47. The van der Waals surface area contributed by atoms with Crippen LogP contribution in [-0.2, 0) is 9.59 Å². The van der Waals surface area contributed by atoms with E-state index in [1.54, 1.807) is 13.8 Å². The summed E-state index contributed by atoms with van der Waals surface area (Å²) in [7, 11) is 0. The number of hydrogen-bond acceptors (Lipinski definition) is 2. The van der Waals surface area contributed by atoms with Gasteiger partial charge in [-0.2, -0.15) is 0 Å². The summed E-state index contributed by atoms with van der Waals surface area (Å²) in [6.07, 6.45) is 4.79. The molecule has 1 heterocycles. The molecule has 1 saturated heterocycles. The second kappa shape index (κ2) is 5.05. The van der Waals surface area contributed by atoms with Gasteiger partial charge in [-0.05, 0) is 38.0 Å². The summed E-state index contributed by atoms with van der Waals surface area (Å²) in [5.41, 5.74) is -0.603. The lowest BCUT2D eigenvalue weighted by Crippen LogP contribution is -2.70. The molecule has 114 valence electrons. The number of nitrogens with one attached hydrogen (secondary N) is 1. The first-order valence-electron chi connectivity index (χ1n) is 7.79. The van der Waals surface area contributed by atoms with E-state index in [-0.39, 0.29) is 29.2 Å². The highest BCUT2D eigenvalue weighted by Gasteiger charge is 2.48. The molecule has 0 radical (unpaired) electrons. The van der Waals surface area contributed by atoms with Crippen LogP contribution in [0.2, 0.25) is 0 Å². The molecule has 20 heavy (non-hydrogen) atoms. The molecule has 4 heteroatoms. The first-order chi connectivity index (χ1) is 9.16. The molecule has 0 spiro atoms. The van der Waals surface area contributed by atoms with Gasteiger partial charge in [-0.3, -0.25) is 9.59 Å². The molecule has 4 nitrogen and oxygen atoms in total. The smallest absolute Gasteiger partial charge is 0.248 e. The molecule has 1 N–H and O–H groups in total. The summed E-state index contributed by atoms with van der Waals surface area (Å²) >= 11 is 0. The van der Waals surface area contributed by atoms with Crippen LogP contribution >= 0.6 is 0 Å². The molecule has 2 aliphatic rings. The maximum Gasteiger partial charge on any atom is 0.248 e. The number of carbonyl (C=O) groups is 2. The monoisotopic (exact) mass is 280 g/mol. The van der Waals surface area contributed by atoms with Crippen molar-refractivity contribution in [2.45, 2.75) is 71.9 Å². The standard InChI is InChI=1S/C16H28N2O2/c1-11(2)12-13(19)17-15(3,4)14(20)18(12)10-16(5)8-6-7-9-16/h11-12H,6-10H2,1-5H3,(H,17,19). The van der Waals surface area contributed by atoms with Gasteiger partial charge in [0.1, 0.15) is 11.6 Å². The normalized spacial score (nSPS) is 28.9. The molecule has 2 fully saturated rings. The van der Waals surface area contributed by atoms with E-state index in [4.69, 9.17) is 0 Å². The molecule has 1 aliphatic carbocycles. The van der Waals surface area contributed by atoms with E-state index in [9.17, 15) is 9.59 Å². The summed E-state index contributed by atoms with van der Waals surface area (Å²) in [6, 6.07) is -0.326. The molecule has 2 rings (SSSR count). The summed E-state index contributed by atoms with van der Waals surface area (Å²) in [6.45, 7) is 10.6. The van der Waals surface area contributed by atoms with E-state index in [1.807, 2.05) is 18.7 Å². The largest absolute Gasteiger partial charge is 0.340 e. The van der Waals surface area contributed by atoms with Gasteiger partial charge in [-0.25, -0.2) is 0 Å². The third kappa shape index (κ3) is 2.70. The fourth-order valence-electron chi connectivity index (χ4n) is 3.69. The Hall–Kier alpha value is -1.06. The molecule has 1 aliphatic heterocycles. The molecular weight excluding hydrogens is 252 g/mol. The quantitative estimate of drug-likeness (QED) is 0.862. The van der Waals surface area contributed by atoms with Crippen LogP contribution in [0.3, 0.4) is 0 Å². The van der Waals surface area contributed by atoms with Gasteiger partial charge in [0.15, 0.2) is 0 Å². The average Bonchev–Trinajstić information content (AvgIpc) is 2.71. The molecule has 1 unspecified atom stereocenters. The molecule has 1 saturated carbocycles. The lowest BCUT2D eigenvalue weighted by molar-refractivity contribution is -0.157. The second-order valence-electron chi connectivity index (χ2n) is 7.75. The van der Waals surface area contributed by atoms with Gasteiger partial charge in [-0.15, -0.1) is 0 Å². The topological polar surface area (TPSA) is 49.4 Å². The summed E-state index contributed by atoms with van der Waals surface area (Å²) in [5, 5.41) is 2.87. The molecule has 0 aromatic rings. The number of carbonyl (C=O) groups excluding carboxylic acids is 2. The molecular formula is C16H28N2O2. The van der Waals surface area contributed by atoms with Crippen molar-refractivity contribution in [1.29, 1.82) is 0 Å². The molecule has 0 aromatic heterocycles. The van der Waals surface area contributed by atoms with Crippen molar-refractivity contribution in [3.63, 3.8) is 0 Å². The van der Waals surface area contributed by atoms with Crippen LogP contribution in [0.15, 0.2) is 0 Å². The van der Waals surface area contributed by atoms with Crippen LogP contribution in [0.25, 0.3) is 0 Å². The predicted molar refractivity (Wildman–Crippen MR) is 79.1 cm³/mol. The number of amides is 2. The number of hydrogen-bond donors (Lipinski definition) is 1. The predicted octanol–water partition coefficient (Wildman–Crippen LogP) is 2.33. The molecule has 0 aromatic carbocycles. The maximum atomic E-state index is 12.7. The Morgan fingerprint density at radius 3 is 2.25 bits per heavy atom. The average molecular weight is 280 g/mol. The number of rotatable bonds is 3. The Kier molecular flexibility index (Phi) is 3.87. The summed E-state index contributed by atoms with van der Waals surface area (Å²) < 4.78 is 0. The summed E-state index contributed by atoms with van der Waals surface area (Å²) in [4.78, 5) is 27.0. The third-order valence-corrected chi connectivity index (χ3v) is 4.83. The summed E-state index contributed by atoms with van der Waals surface area (Å²) in [5.74, 6) is 0.190. The fraction of sp³-hybridized carbons (Fsp3) is 0.875. The van der Waals surface area contributed by atoms with E-state index in [0.29, 0.717) is 6.54 Å². The highest BCUT2D eigenvalue weighted by atomic mass is 16.2. The van der Waals surface area contributed by atoms with Crippen molar-refractivity contribution in [1.82, 2.24) is 10.2 Å². The zero-order valence-electron chi connectivity index (χ0n) is 13.5. The minimum absolute atomic E-state index is 0.00815. The Morgan fingerprint density at radius 1 is 1.20 bits per heavy atom. The van der Waals surface area contributed by atoms with E-state index in [2.05, 4.69) is 12.2 Å². The van der Waals surface area contributed by atoms with Crippen molar-refractivity contribution in [3.05, 3.63) is 0 Å². The van der Waals surface area contributed by atoms with Crippen LogP contribution in [0.1, 0.15) is 60.3 Å². The van der Waals surface area contributed by atoms with Gasteiger partial charge < -0.3 is 10.2 Å². The van der Waals surface area contributed by atoms with Gasteiger partial charge in [-0.1, -0.05) is 33.6 Å². The van der Waals surface area contributed by atoms with E-state index >= 15 is 0 Å². The first-order valence-corrected chi connectivity index (χ1v) is 7.79. The molecule has 2 amide bonds. The van der Waals surface area contributed by atoms with Gasteiger partial charge >= 0.3 is 0 Å². The van der Waals surface area contributed by atoms with E-state index in [1.165, 1.54) is 12.8 Å². The Balaban J connectivity index is 2.27. The van der Waals surface area contributed by atoms with Crippen LogP contribution in [0.5, 0.6) is 0 Å². The van der Waals surface area contributed by atoms with Crippen molar-refractivity contribution < 1.29 is 9.59 Å². The third-order valence-electron chi connectivity index (χ3n) is 4.83. The number of nitrogens with zero attached hydrogens (tertiary/aromatic N) is 1. The van der Waals surface area contributed by atoms with E-state index in [0.717, 1.165) is 12.8 Å². The van der Waals surface area contributed by atoms with Gasteiger partial charge in [0, 0.05) is 6.54 Å². The zero-order chi connectivity index (χ0) is 15.1. The van der Waals surface area contributed by atoms with Crippen LogP contribution in [-0.4, -0.2) is 34.8 Å². The lowest BCUT2D eigenvalue weighted by atomic mass is 9.84. The molecule has 0 bridgehead atoms. The maximum absolute atomic E-state index is 12.7. The minimum Gasteiger partial charge on any atom is -0.340 e. The minimum atomic E-state index is -0.780. The van der Waals surface area contributed by atoms with Gasteiger partial charge in [0.2, 0.25) is 11.8 Å². The second-order valence-corrected chi connectivity index (χ2v) is 7.75. The van der Waals surface area contributed by atoms with Crippen LogP contribution in [0, 0.1) is 11.3 Å². The number of piperazine rings is 1. The Labute approximate surface area is 122 Å². The van der Waals surface area contributed by atoms with Crippen molar-refractivity contribution >= 4 is 11.8 Å². The van der Waals surface area contributed by atoms with Crippen molar-refractivity contribution in [2.75, 3.05) is 6.54 Å². The Morgan fingerprint density at radius 2 is 1.75 bits per heavy atom. The van der Waals surface area contributed by atoms with Crippen molar-refractivity contribution in [3.8, 4) is 0 Å². The van der Waals surface area contributed by atoms with Gasteiger partial charge in [0.25, 0.3) is 0 Å². The SMILES string of the molecule is CC(C)C1C(=O)NC(C)(C)C(=O)N1CC1(C)CCCC1. The fourth-order valence-corrected chi connectivity index (χ4v) is 3.69. The van der Waals surface area contributed by atoms with Gasteiger partial charge in [0.05, 0.1) is 0 Å². The van der Waals surface area contributed by atoms with Crippen molar-refractivity contribution in [2.24, 2.45) is 11.3 Å². The highest BCUT2D eigenvalue weighted by Crippen LogP contribution is 2.39. The Bertz CT molecular complexity index is 409. The highest BCUT2D eigenvalue weighted by molar-refractivity contribution is 5.99.